The molecule has 0 saturated heterocycles. The molecule has 1 N–H and O–H groups in total. The fraction of sp³-hybridized carbons (Fsp3) is 0.235. The number of rotatable bonds is 4. The first-order valence-corrected chi connectivity index (χ1v) is 8.15. The minimum absolute atomic E-state index is 0.0391. The molecule has 0 aliphatic carbocycles. The molecule has 0 unspecified atom stereocenters. The highest BCUT2D eigenvalue weighted by Crippen LogP contribution is 2.28. The van der Waals surface area contributed by atoms with Gasteiger partial charge in [-0.25, -0.2) is 4.98 Å². The summed E-state index contributed by atoms with van der Waals surface area (Å²) in [5, 5.41) is 4.02. The number of carbonyl (C=O) groups excluding carboxylic acids is 1. The van der Waals surface area contributed by atoms with Crippen LogP contribution in [0, 0.1) is 6.92 Å². The van der Waals surface area contributed by atoms with Gasteiger partial charge in [0.15, 0.2) is 0 Å². The van der Waals surface area contributed by atoms with Gasteiger partial charge in [-0.15, -0.1) is 11.3 Å². The molecule has 112 valence electrons. The standard InChI is InChI=1S/C17H17N3OS/c1-3-4-17(21)19-12-5-6-13-11(2)7-15(20-14(13)8-12)16-9-18-10-22-16/h5-10H,3-4H2,1-2H3,(H,19,21). The number of carbonyl (C=O) groups is 1. The summed E-state index contributed by atoms with van der Waals surface area (Å²) in [5.74, 6) is 0.0391. The average Bonchev–Trinajstić information content (AvgIpc) is 3.01. The molecule has 0 aliphatic heterocycles. The molecule has 1 aromatic carbocycles. The number of aryl methyl sites for hydroxylation is 1. The Hall–Kier alpha value is -2.27. The lowest BCUT2D eigenvalue weighted by Crippen LogP contribution is -2.10. The molecule has 2 heterocycles. The van der Waals surface area contributed by atoms with Gasteiger partial charge in [-0.05, 0) is 37.1 Å². The number of aromatic nitrogens is 2. The molecule has 0 atom stereocenters. The van der Waals surface area contributed by atoms with Crippen LogP contribution in [0.1, 0.15) is 25.3 Å². The van der Waals surface area contributed by atoms with Gasteiger partial charge < -0.3 is 5.32 Å². The summed E-state index contributed by atoms with van der Waals surface area (Å²) < 4.78 is 0. The maximum atomic E-state index is 11.7. The summed E-state index contributed by atoms with van der Waals surface area (Å²) >= 11 is 1.57. The van der Waals surface area contributed by atoms with Crippen molar-refractivity contribution in [1.82, 2.24) is 9.97 Å². The van der Waals surface area contributed by atoms with E-state index in [9.17, 15) is 4.79 Å². The van der Waals surface area contributed by atoms with E-state index in [1.54, 1.807) is 16.8 Å². The maximum absolute atomic E-state index is 11.7. The third-order valence-corrected chi connectivity index (χ3v) is 4.26. The number of hydrogen-bond donors (Lipinski definition) is 1. The fourth-order valence-electron chi connectivity index (χ4n) is 2.40. The second kappa shape index (κ2) is 6.23. The van der Waals surface area contributed by atoms with Crippen LogP contribution in [0.25, 0.3) is 21.5 Å². The molecule has 3 aromatic rings. The smallest absolute Gasteiger partial charge is 0.224 e. The number of hydrogen-bond acceptors (Lipinski definition) is 4. The largest absolute Gasteiger partial charge is 0.326 e. The molecule has 0 spiro atoms. The number of amides is 1. The van der Waals surface area contributed by atoms with Gasteiger partial charge >= 0.3 is 0 Å². The Morgan fingerprint density at radius 2 is 2.18 bits per heavy atom. The molecule has 22 heavy (non-hydrogen) atoms. The van der Waals surface area contributed by atoms with Gasteiger partial charge in [0.1, 0.15) is 0 Å². The number of thiazole rings is 1. The molecule has 4 nitrogen and oxygen atoms in total. The van der Waals surface area contributed by atoms with Gasteiger partial charge in [-0.3, -0.25) is 9.78 Å². The second-order valence-corrected chi connectivity index (χ2v) is 6.11. The van der Waals surface area contributed by atoms with Gasteiger partial charge in [0.2, 0.25) is 5.91 Å². The van der Waals surface area contributed by atoms with Crippen molar-refractivity contribution in [3.8, 4) is 10.6 Å². The van der Waals surface area contributed by atoms with Crippen LogP contribution >= 0.6 is 11.3 Å². The lowest BCUT2D eigenvalue weighted by Gasteiger charge is -2.08. The zero-order chi connectivity index (χ0) is 15.5. The SMILES string of the molecule is CCCC(=O)Nc1ccc2c(C)cc(-c3cncs3)nc2c1. The predicted octanol–water partition coefficient (Wildman–Crippen LogP) is 4.41. The van der Waals surface area contributed by atoms with Gasteiger partial charge in [0.25, 0.3) is 0 Å². The van der Waals surface area contributed by atoms with Crippen LogP contribution in [0.4, 0.5) is 5.69 Å². The molecule has 0 radical (unpaired) electrons. The van der Waals surface area contributed by atoms with Crippen LogP contribution in [-0.4, -0.2) is 15.9 Å². The lowest BCUT2D eigenvalue weighted by atomic mass is 10.1. The Kier molecular flexibility index (Phi) is 4.15. The number of benzene rings is 1. The van der Waals surface area contributed by atoms with Gasteiger partial charge in [-0.2, -0.15) is 0 Å². The fourth-order valence-corrected chi connectivity index (χ4v) is 2.98. The molecular formula is C17H17N3OS. The van der Waals surface area contributed by atoms with Crippen LogP contribution in [0.5, 0.6) is 0 Å². The van der Waals surface area contributed by atoms with E-state index < -0.39 is 0 Å². The average molecular weight is 311 g/mol. The minimum Gasteiger partial charge on any atom is -0.326 e. The van der Waals surface area contributed by atoms with Crippen molar-refractivity contribution in [1.29, 1.82) is 0 Å². The van der Waals surface area contributed by atoms with E-state index in [-0.39, 0.29) is 5.91 Å². The summed E-state index contributed by atoms with van der Waals surface area (Å²) in [6, 6.07) is 7.94. The number of nitrogens with zero attached hydrogens (tertiary/aromatic N) is 2. The summed E-state index contributed by atoms with van der Waals surface area (Å²) in [4.78, 5) is 21.6. The molecule has 0 bridgehead atoms. The molecule has 5 heteroatoms. The van der Waals surface area contributed by atoms with E-state index >= 15 is 0 Å². The first-order valence-electron chi connectivity index (χ1n) is 7.27. The number of pyridine rings is 1. The molecule has 0 saturated carbocycles. The highest BCUT2D eigenvalue weighted by molar-refractivity contribution is 7.13. The van der Waals surface area contributed by atoms with Crippen molar-refractivity contribution in [3.63, 3.8) is 0 Å². The van der Waals surface area contributed by atoms with E-state index in [1.807, 2.05) is 31.3 Å². The van der Waals surface area contributed by atoms with E-state index in [4.69, 9.17) is 4.98 Å². The minimum atomic E-state index is 0.0391. The zero-order valence-electron chi connectivity index (χ0n) is 12.6. The van der Waals surface area contributed by atoms with Crippen LogP contribution < -0.4 is 5.32 Å². The van der Waals surface area contributed by atoms with Crippen LogP contribution in [0.2, 0.25) is 0 Å². The lowest BCUT2D eigenvalue weighted by molar-refractivity contribution is -0.116. The molecule has 2 aromatic heterocycles. The Balaban J connectivity index is 2.01. The van der Waals surface area contributed by atoms with Crippen LogP contribution in [0.3, 0.4) is 0 Å². The number of anilines is 1. The van der Waals surface area contributed by atoms with E-state index in [0.717, 1.165) is 33.6 Å². The Morgan fingerprint density at radius 3 is 2.91 bits per heavy atom. The van der Waals surface area contributed by atoms with Crippen LogP contribution in [0.15, 0.2) is 36.0 Å². The van der Waals surface area contributed by atoms with E-state index in [1.165, 1.54) is 5.56 Å². The maximum Gasteiger partial charge on any atom is 0.224 e. The number of nitrogens with one attached hydrogen (secondary N) is 1. The van der Waals surface area contributed by atoms with Crippen molar-refractivity contribution < 1.29 is 4.79 Å². The Labute approximate surface area is 133 Å². The Bertz CT molecular complexity index is 812. The second-order valence-electron chi connectivity index (χ2n) is 5.22. The van der Waals surface area contributed by atoms with Crippen molar-refractivity contribution in [2.45, 2.75) is 26.7 Å². The molecule has 0 fully saturated rings. The van der Waals surface area contributed by atoms with Gasteiger partial charge in [-0.1, -0.05) is 13.0 Å². The van der Waals surface area contributed by atoms with Crippen molar-refractivity contribution in [3.05, 3.63) is 41.5 Å². The quantitative estimate of drug-likeness (QED) is 0.776. The predicted molar refractivity (Wildman–Crippen MR) is 91.1 cm³/mol. The highest BCUT2D eigenvalue weighted by Gasteiger charge is 2.08. The summed E-state index contributed by atoms with van der Waals surface area (Å²) in [7, 11) is 0. The third kappa shape index (κ3) is 2.99. The van der Waals surface area contributed by atoms with Gasteiger partial charge in [0.05, 0.1) is 21.6 Å². The topological polar surface area (TPSA) is 54.9 Å². The monoisotopic (exact) mass is 311 g/mol. The summed E-state index contributed by atoms with van der Waals surface area (Å²) in [6.07, 6.45) is 3.20. The highest BCUT2D eigenvalue weighted by atomic mass is 32.1. The third-order valence-electron chi connectivity index (χ3n) is 3.46. The molecular weight excluding hydrogens is 294 g/mol. The molecule has 0 aliphatic rings. The van der Waals surface area contributed by atoms with Gasteiger partial charge in [0, 0.05) is 23.7 Å². The first-order chi connectivity index (χ1) is 10.7. The van der Waals surface area contributed by atoms with E-state index in [2.05, 4.69) is 23.3 Å². The Morgan fingerprint density at radius 1 is 1.32 bits per heavy atom. The molecule has 3 rings (SSSR count). The van der Waals surface area contributed by atoms with Crippen molar-refractivity contribution in [2.75, 3.05) is 5.32 Å². The van der Waals surface area contributed by atoms with Crippen molar-refractivity contribution in [2.24, 2.45) is 0 Å². The normalized spacial score (nSPS) is 10.8. The van der Waals surface area contributed by atoms with Crippen LogP contribution in [-0.2, 0) is 4.79 Å². The molecule has 1 amide bonds. The first kappa shape index (κ1) is 14.7. The number of fused-ring (bicyclic) bond motifs is 1. The van der Waals surface area contributed by atoms with Crippen molar-refractivity contribution >= 4 is 33.8 Å². The van der Waals surface area contributed by atoms with E-state index in [0.29, 0.717) is 6.42 Å². The summed E-state index contributed by atoms with van der Waals surface area (Å²) in [5.41, 5.74) is 5.57. The zero-order valence-corrected chi connectivity index (χ0v) is 13.4. The summed E-state index contributed by atoms with van der Waals surface area (Å²) in [6.45, 7) is 4.07.